The summed E-state index contributed by atoms with van der Waals surface area (Å²) in [4.78, 5) is 2.61. The van der Waals surface area contributed by atoms with Crippen LogP contribution in [0.2, 0.25) is 5.02 Å². The predicted octanol–water partition coefficient (Wildman–Crippen LogP) is 6.25. The summed E-state index contributed by atoms with van der Waals surface area (Å²) in [7, 11) is 0. The molecule has 1 saturated carbocycles. The van der Waals surface area contributed by atoms with Crippen molar-refractivity contribution in [1.29, 1.82) is 0 Å². The van der Waals surface area contributed by atoms with Crippen LogP contribution >= 0.6 is 23.8 Å². The molecule has 0 unspecified atom stereocenters. The van der Waals surface area contributed by atoms with Crippen LogP contribution in [0.1, 0.15) is 44.3 Å². The molecule has 32 heavy (non-hydrogen) atoms. The number of aromatic nitrogens is 3. The van der Waals surface area contributed by atoms with Crippen molar-refractivity contribution in [2.24, 2.45) is 5.92 Å². The number of fused-ring (bicyclic) bond motifs is 1. The maximum absolute atomic E-state index is 6.04. The zero-order valence-corrected chi connectivity index (χ0v) is 19.8. The molecular formula is C25H29ClN4OS. The molecule has 2 aromatic carbocycles. The van der Waals surface area contributed by atoms with Crippen molar-refractivity contribution in [3.8, 4) is 11.4 Å². The Labute approximate surface area is 199 Å². The molecule has 2 aliphatic rings. The van der Waals surface area contributed by atoms with E-state index in [2.05, 4.69) is 17.0 Å². The van der Waals surface area contributed by atoms with Crippen LogP contribution in [0.4, 0.5) is 0 Å². The first-order valence-electron chi connectivity index (χ1n) is 11.6. The van der Waals surface area contributed by atoms with Crippen molar-refractivity contribution >= 4 is 23.8 Å². The van der Waals surface area contributed by atoms with Crippen LogP contribution < -0.4 is 4.74 Å². The molecule has 3 aromatic rings. The third kappa shape index (κ3) is 4.63. The largest absolute Gasteiger partial charge is 0.486 e. The van der Waals surface area contributed by atoms with Crippen molar-refractivity contribution < 1.29 is 4.74 Å². The molecule has 2 atom stereocenters. The molecule has 1 saturated heterocycles. The van der Waals surface area contributed by atoms with Crippen molar-refractivity contribution in [2.75, 3.05) is 6.54 Å². The number of nitrogens with zero attached hydrogens (tertiary/aromatic N) is 4. The SMILES string of the molecule is S=c1n(CN2CCC[C@H]3CCCC[C@H]32)nc(COc2ccc(Cl)cc2)n1-c1ccccc1. The standard InChI is InChI=1S/C25H29ClN4OS/c26-20-12-14-22(15-13-20)31-17-24-27-29(25(32)30(24)21-9-2-1-3-10-21)18-28-16-6-8-19-7-4-5-11-23(19)28/h1-3,9-10,12-15,19,23H,4-8,11,16-18H2/t19-,23-/m1/s1. The highest BCUT2D eigenvalue weighted by Crippen LogP contribution is 2.35. The van der Waals surface area contributed by atoms with E-state index < -0.39 is 0 Å². The second-order valence-corrected chi connectivity index (χ2v) is 9.62. The maximum atomic E-state index is 6.04. The molecular weight excluding hydrogens is 440 g/mol. The number of rotatable bonds is 6. The van der Waals surface area contributed by atoms with Gasteiger partial charge in [-0.2, -0.15) is 5.10 Å². The molecule has 2 heterocycles. The van der Waals surface area contributed by atoms with Crippen LogP contribution in [0.3, 0.4) is 0 Å². The van der Waals surface area contributed by atoms with Crippen LogP contribution in [0.5, 0.6) is 5.75 Å². The maximum Gasteiger partial charge on any atom is 0.203 e. The van der Waals surface area contributed by atoms with Gasteiger partial charge in [0.1, 0.15) is 12.4 Å². The first-order valence-corrected chi connectivity index (χ1v) is 12.3. The van der Waals surface area contributed by atoms with Gasteiger partial charge in [-0.3, -0.25) is 9.47 Å². The third-order valence-corrected chi connectivity index (χ3v) is 7.42. The molecule has 2 fully saturated rings. The second kappa shape index (κ2) is 9.77. The van der Waals surface area contributed by atoms with E-state index in [1.165, 1.54) is 38.5 Å². The van der Waals surface area contributed by atoms with Crippen LogP contribution in [0.15, 0.2) is 54.6 Å². The van der Waals surface area contributed by atoms with Crippen molar-refractivity contribution in [2.45, 2.75) is 57.8 Å². The Bertz CT molecular complexity index is 1090. The highest BCUT2D eigenvalue weighted by Gasteiger charge is 2.33. The Morgan fingerprint density at radius 3 is 2.53 bits per heavy atom. The fourth-order valence-corrected chi connectivity index (χ4v) is 5.66. The van der Waals surface area contributed by atoms with E-state index >= 15 is 0 Å². The Morgan fingerprint density at radius 2 is 1.72 bits per heavy atom. The molecule has 7 heteroatoms. The lowest BCUT2D eigenvalue weighted by molar-refractivity contribution is 0.0322. The molecule has 0 radical (unpaired) electrons. The number of ether oxygens (including phenoxy) is 1. The highest BCUT2D eigenvalue weighted by molar-refractivity contribution is 7.71. The summed E-state index contributed by atoms with van der Waals surface area (Å²) in [6, 6.07) is 18.2. The molecule has 5 nitrogen and oxygen atoms in total. The Morgan fingerprint density at radius 1 is 0.969 bits per heavy atom. The summed E-state index contributed by atoms with van der Waals surface area (Å²) in [5.41, 5.74) is 1.01. The second-order valence-electron chi connectivity index (χ2n) is 8.82. The number of benzene rings is 2. The molecule has 168 valence electrons. The average molecular weight is 469 g/mol. The van der Waals surface area contributed by atoms with E-state index in [0.717, 1.165) is 36.4 Å². The highest BCUT2D eigenvalue weighted by atomic mass is 35.5. The monoisotopic (exact) mass is 468 g/mol. The van der Waals surface area contributed by atoms with Crippen LogP contribution in [0, 0.1) is 10.7 Å². The summed E-state index contributed by atoms with van der Waals surface area (Å²) in [6.45, 7) is 2.20. The number of halogens is 1. The van der Waals surface area contributed by atoms with Gasteiger partial charge in [0.25, 0.3) is 0 Å². The zero-order chi connectivity index (χ0) is 21.9. The first-order chi connectivity index (χ1) is 15.7. The van der Waals surface area contributed by atoms with Crippen molar-refractivity contribution in [1.82, 2.24) is 19.2 Å². The van der Waals surface area contributed by atoms with Crippen molar-refractivity contribution in [3.63, 3.8) is 0 Å². The number of para-hydroxylation sites is 1. The van der Waals surface area contributed by atoms with Crippen LogP contribution in [-0.2, 0) is 13.3 Å². The topological polar surface area (TPSA) is 35.2 Å². The van der Waals surface area contributed by atoms with Gasteiger partial charge in [-0.1, -0.05) is 42.6 Å². The molecule has 0 amide bonds. The minimum atomic E-state index is 0.333. The van der Waals surface area contributed by atoms with Gasteiger partial charge in [-0.15, -0.1) is 0 Å². The number of hydrogen-bond donors (Lipinski definition) is 0. The smallest absolute Gasteiger partial charge is 0.203 e. The van der Waals surface area contributed by atoms with Gasteiger partial charge < -0.3 is 4.74 Å². The summed E-state index contributed by atoms with van der Waals surface area (Å²) < 4.78 is 10.8. The fraction of sp³-hybridized carbons (Fsp3) is 0.440. The van der Waals surface area contributed by atoms with Gasteiger partial charge in [0.15, 0.2) is 5.82 Å². The molecule has 0 N–H and O–H groups in total. The molecule has 1 aliphatic heterocycles. The first kappa shape index (κ1) is 21.7. The summed E-state index contributed by atoms with van der Waals surface area (Å²) in [5, 5.41) is 5.62. The summed E-state index contributed by atoms with van der Waals surface area (Å²) in [5.74, 6) is 2.39. The van der Waals surface area contributed by atoms with Gasteiger partial charge in [0, 0.05) is 23.3 Å². The zero-order valence-electron chi connectivity index (χ0n) is 18.2. The summed E-state index contributed by atoms with van der Waals surface area (Å²) in [6.07, 6.45) is 8.01. The lowest BCUT2D eigenvalue weighted by Crippen LogP contribution is -2.47. The number of hydrogen-bond acceptors (Lipinski definition) is 4. The lowest BCUT2D eigenvalue weighted by atomic mass is 9.78. The summed E-state index contributed by atoms with van der Waals surface area (Å²) >= 11 is 11.9. The molecule has 0 bridgehead atoms. The Hall–Kier alpha value is -2.15. The Balaban J connectivity index is 1.43. The minimum absolute atomic E-state index is 0.333. The van der Waals surface area contributed by atoms with Crippen LogP contribution in [-0.4, -0.2) is 31.8 Å². The van der Waals surface area contributed by atoms with E-state index in [-0.39, 0.29) is 0 Å². The third-order valence-electron chi connectivity index (χ3n) is 6.78. The van der Waals surface area contributed by atoms with Crippen LogP contribution in [0.25, 0.3) is 5.69 Å². The van der Waals surface area contributed by atoms with E-state index in [1.807, 2.05) is 51.7 Å². The number of likely N-dealkylation sites (tertiary alicyclic amines) is 1. The van der Waals surface area contributed by atoms with E-state index in [0.29, 0.717) is 22.4 Å². The normalized spacial score (nSPS) is 21.3. The predicted molar refractivity (Wildman–Crippen MR) is 130 cm³/mol. The Kier molecular flexibility index (Phi) is 6.62. The van der Waals surface area contributed by atoms with Gasteiger partial charge in [-0.25, -0.2) is 4.68 Å². The van der Waals surface area contributed by atoms with Gasteiger partial charge in [0.2, 0.25) is 4.77 Å². The van der Waals surface area contributed by atoms with Crippen molar-refractivity contribution in [3.05, 3.63) is 70.2 Å². The molecule has 0 spiro atoms. The molecule has 1 aliphatic carbocycles. The van der Waals surface area contributed by atoms with E-state index in [9.17, 15) is 0 Å². The fourth-order valence-electron chi connectivity index (χ4n) is 5.23. The number of piperidine rings is 1. The molecule has 1 aromatic heterocycles. The van der Waals surface area contributed by atoms with E-state index in [4.69, 9.17) is 33.7 Å². The minimum Gasteiger partial charge on any atom is -0.486 e. The average Bonchev–Trinajstić information content (AvgIpc) is 3.14. The molecule has 5 rings (SSSR count). The lowest BCUT2D eigenvalue weighted by Gasteiger charge is -2.43. The van der Waals surface area contributed by atoms with Gasteiger partial charge in [0.05, 0.1) is 6.67 Å². The van der Waals surface area contributed by atoms with E-state index in [1.54, 1.807) is 0 Å². The van der Waals surface area contributed by atoms with Gasteiger partial charge in [-0.05, 0) is 80.2 Å². The van der Waals surface area contributed by atoms with Gasteiger partial charge >= 0.3 is 0 Å². The quantitative estimate of drug-likeness (QED) is 0.400.